The zero-order chi connectivity index (χ0) is 12.9. The topological polar surface area (TPSA) is 38.3 Å². The molecule has 98 valence electrons. The van der Waals surface area contributed by atoms with E-state index in [9.17, 15) is 4.79 Å². The summed E-state index contributed by atoms with van der Waals surface area (Å²) in [5, 5.41) is 3.42. The molecule has 0 spiro atoms. The molecule has 3 heteroatoms. The molecule has 1 fully saturated rings. The van der Waals surface area contributed by atoms with Gasteiger partial charge < -0.3 is 10.1 Å². The van der Waals surface area contributed by atoms with Gasteiger partial charge in [-0.15, -0.1) is 0 Å². The third-order valence-electron chi connectivity index (χ3n) is 3.37. The summed E-state index contributed by atoms with van der Waals surface area (Å²) in [5.41, 5.74) is 0.941. The molecule has 1 saturated carbocycles. The molecule has 1 atom stereocenters. The zero-order valence-electron chi connectivity index (χ0n) is 11.3. The fourth-order valence-electron chi connectivity index (χ4n) is 2.45. The largest absolute Gasteiger partial charge is 0.463 e. The van der Waals surface area contributed by atoms with E-state index < -0.39 is 0 Å². The molecule has 3 nitrogen and oxygen atoms in total. The van der Waals surface area contributed by atoms with E-state index in [2.05, 4.69) is 25.7 Å². The van der Waals surface area contributed by atoms with Gasteiger partial charge >= 0.3 is 5.97 Å². The summed E-state index contributed by atoms with van der Waals surface area (Å²) in [7, 11) is 0. The first-order valence-electron chi connectivity index (χ1n) is 6.53. The summed E-state index contributed by atoms with van der Waals surface area (Å²) < 4.78 is 4.91. The molecule has 1 aliphatic rings. The van der Waals surface area contributed by atoms with Crippen LogP contribution in [0, 0.1) is 5.41 Å². The average molecular weight is 239 g/mol. The third-order valence-corrected chi connectivity index (χ3v) is 3.37. The van der Waals surface area contributed by atoms with E-state index in [1.165, 1.54) is 25.7 Å². The molecule has 0 aromatic carbocycles. The molecule has 0 aromatic rings. The maximum absolute atomic E-state index is 11.4. The van der Waals surface area contributed by atoms with Gasteiger partial charge in [-0.1, -0.05) is 26.8 Å². The minimum atomic E-state index is -0.282. The molecule has 0 radical (unpaired) electrons. The van der Waals surface area contributed by atoms with Crippen LogP contribution in [0.5, 0.6) is 0 Å². The molecule has 0 aromatic heterocycles. The van der Waals surface area contributed by atoms with Crippen molar-refractivity contribution in [2.45, 2.75) is 52.5 Å². The lowest BCUT2D eigenvalue weighted by Gasteiger charge is -2.35. The lowest BCUT2D eigenvalue weighted by Crippen LogP contribution is -2.38. The second-order valence-corrected chi connectivity index (χ2v) is 5.66. The Labute approximate surface area is 105 Å². The standard InChI is InChI=1S/C14H25NO2/c1-5-17-13(16)11(2)10-15-12-7-6-8-14(3,4)9-12/h12,15H,2,5-10H2,1,3-4H3. The van der Waals surface area contributed by atoms with Crippen LogP contribution in [-0.2, 0) is 9.53 Å². The van der Waals surface area contributed by atoms with Crippen molar-refractivity contribution in [3.63, 3.8) is 0 Å². The Morgan fingerprint density at radius 3 is 2.82 bits per heavy atom. The first-order chi connectivity index (χ1) is 7.94. The second-order valence-electron chi connectivity index (χ2n) is 5.66. The van der Waals surface area contributed by atoms with Crippen molar-refractivity contribution in [2.24, 2.45) is 5.41 Å². The van der Waals surface area contributed by atoms with Crippen molar-refractivity contribution in [1.82, 2.24) is 5.32 Å². The molecule has 0 aliphatic heterocycles. The maximum Gasteiger partial charge on any atom is 0.334 e. The quantitative estimate of drug-likeness (QED) is 0.592. The van der Waals surface area contributed by atoms with Crippen molar-refractivity contribution >= 4 is 5.97 Å². The van der Waals surface area contributed by atoms with Gasteiger partial charge in [-0.2, -0.15) is 0 Å². The summed E-state index contributed by atoms with van der Waals surface area (Å²) in [6.07, 6.45) is 4.92. The number of hydrogen-bond acceptors (Lipinski definition) is 3. The molecule has 1 unspecified atom stereocenters. The summed E-state index contributed by atoms with van der Waals surface area (Å²) in [6.45, 7) is 11.1. The highest BCUT2D eigenvalue weighted by Crippen LogP contribution is 2.35. The van der Waals surface area contributed by atoms with Gasteiger partial charge in [0.05, 0.1) is 6.61 Å². The van der Waals surface area contributed by atoms with Gasteiger partial charge in [0.15, 0.2) is 0 Å². The highest BCUT2D eigenvalue weighted by molar-refractivity contribution is 5.88. The first kappa shape index (κ1) is 14.2. The van der Waals surface area contributed by atoms with Crippen LogP contribution in [0.15, 0.2) is 12.2 Å². The molecule has 17 heavy (non-hydrogen) atoms. The molecule has 1 aliphatic carbocycles. The summed E-state index contributed by atoms with van der Waals surface area (Å²) in [5.74, 6) is -0.282. The van der Waals surface area contributed by atoms with Gasteiger partial charge in [0.1, 0.15) is 0 Å². The van der Waals surface area contributed by atoms with Crippen molar-refractivity contribution in [3.05, 3.63) is 12.2 Å². The van der Waals surface area contributed by atoms with Crippen LogP contribution in [0.4, 0.5) is 0 Å². The third kappa shape index (κ3) is 4.90. The molecule has 0 bridgehead atoms. The number of rotatable bonds is 5. The highest BCUT2D eigenvalue weighted by Gasteiger charge is 2.27. The smallest absolute Gasteiger partial charge is 0.334 e. The van der Waals surface area contributed by atoms with Gasteiger partial charge in [0.25, 0.3) is 0 Å². The van der Waals surface area contributed by atoms with Crippen LogP contribution in [-0.4, -0.2) is 25.2 Å². The number of carbonyl (C=O) groups excluding carboxylic acids is 1. The summed E-state index contributed by atoms with van der Waals surface area (Å²) in [4.78, 5) is 11.4. The van der Waals surface area contributed by atoms with E-state index in [1.54, 1.807) is 0 Å². The van der Waals surface area contributed by atoms with E-state index in [0.717, 1.165) is 0 Å². The van der Waals surface area contributed by atoms with Gasteiger partial charge in [-0.25, -0.2) is 4.79 Å². The van der Waals surface area contributed by atoms with Crippen LogP contribution in [0.3, 0.4) is 0 Å². The second kappa shape index (κ2) is 6.20. The van der Waals surface area contributed by atoms with E-state index in [-0.39, 0.29) is 5.97 Å². The van der Waals surface area contributed by atoms with Crippen molar-refractivity contribution in [2.75, 3.05) is 13.2 Å². The monoisotopic (exact) mass is 239 g/mol. The Morgan fingerprint density at radius 2 is 2.24 bits per heavy atom. The molecule has 0 saturated heterocycles. The first-order valence-corrected chi connectivity index (χ1v) is 6.53. The number of carbonyl (C=O) groups is 1. The van der Waals surface area contributed by atoms with Gasteiger partial charge in [0.2, 0.25) is 0 Å². The predicted molar refractivity (Wildman–Crippen MR) is 69.8 cm³/mol. The molecular formula is C14H25NO2. The van der Waals surface area contributed by atoms with Crippen LogP contribution in [0.25, 0.3) is 0 Å². The number of ether oxygens (including phenoxy) is 1. The minimum Gasteiger partial charge on any atom is -0.463 e. The summed E-state index contributed by atoms with van der Waals surface area (Å²) in [6, 6.07) is 0.505. The predicted octanol–water partition coefficient (Wildman–Crippen LogP) is 2.66. The van der Waals surface area contributed by atoms with Crippen molar-refractivity contribution in [1.29, 1.82) is 0 Å². The van der Waals surface area contributed by atoms with Gasteiger partial charge in [-0.05, 0) is 31.6 Å². The molecular weight excluding hydrogens is 214 g/mol. The number of esters is 1. The molecule has 0 amide bonds. The normalized spacial score (nSPS) is 23.1. The summed E-state index contributed by atoms with van der Waals surface area (Å²) >= 11 is 0. The van der Waals surface area contributed by atoms with E-state index in [4.69, 9.17) is 4.74 Å². The van der Waals surface area contributed by atoms with Crippen LogP contribution in [0.1, 0.15) is 46.5 Å². The maximum atomic E-state index is 11.4. The minimum absolute atomic E-state index is 0.282. The van der Waals surface area contributed by atoms with E-state index >= 15 is 0 Å². The SMILES string of the molecule is C=C(CNC1CCCC(C)(C)C1)C(=O)OCC. The Morgan fingerprint density at radius 1 is 1.53 bits per heavy atom. The van der Waals surface area contributed by atoms with Crippen LogP contribution < -0.4 is 5.32 Å². The molecule has 0 heterocycles. The van der Waals surface area contributed by atoms with Crippen LogP contribution >= 0.6 is 0 Å². The average Bonchev–Trinajstić information content (AvgIpc) is 2.25. The Hall–Kier alpha value is -0.830. The Balaban J connectivity index is 2.30. The van der Waals surface area contributed by atoms with Gasteiger partial charge in [0, 0.05) is 18.2 Å². The van der Waals surface area contributed by atoms with Crippen molar-refractivity contribution in [3.8, 4) is 0 Å². The Kier molecular flexibility index (Phi) is 5.19. The molecule has 1 N–H and O–H groups in total. The van der Waals surface area contributed by atoms with E-state index in [0.29, 0.717) is 30.2 Å². The highest BCUT2D eigenvalue weighted by atomic mass is 16.5. The zero-order valence-corrected chi connectivity index (χ0v) is 11.3. The lowest BCUT2D eigenvalue weighted by molar-refractivity contribution is -0.138. The lowest BCUT2D eigenvalue weighted by atomic mass is 9.75. The van der Waals surface area contributed by atoms with Crippen LogP contribution in [0.2, 0.25) is 0 Å². The van der Waals surface area contributed by atoms with Crippen molar-refractivity contribution < 1.29 is 9.53 Å². The number of hydrogen-bond donors (Lipinski definition) is 1. The fourth-order valence-corrected chi connectivity index (χ4v) is 2.45. The van der Waals surface area contributed by atoms with Gasteiger partial charge in [-0.3, -0.25) is 0 Å². The Bertz CT molecular complexity index is 284. The molecule has 1 rings (SSSR count). The number of nitrogens with one attached hydrogen (secondary N) is 1. The van der Waals surface area contributed by atoms with E-state index in [1.807, 2.05) is 6.92 Å². The fraction of sp³-hybridized carbons (Fsp3) is 0.786.